The van der Waals surface area contributed by atoms with E-state index in [1.54, 1.807) is 6.92 Å². The zero-order chi connectivity index (χ0) is 16.3. The van der Waals surface area contributed by atoms with Crippen LogP contribution in [0.4, 0.5) is 14.5 Å². The Labute approximate surface area is 135 Å². The molecule has 0 heterocycles. The van der Waals surface area contributed by atoms with Crippen molar-refractivity contribution in [1.82, 2.24) is 0 Å². The Hall–Kier alpha value is -1.85. The predicted octanol–water partition coefficient (Wildman–Crippen LogP) is 4.92. The summed E-state index contributed by atoms with van der Waals surface area (Å²) in [4.78, 5) is 12.1. The van der Waals surface area contributed by atoms with Gasteiger partial charge in [0.2, 0.25) is 0 Å². The molecule has 0 aliphatic rings. The molecule has 7 heteroatoms. The van der Waals surface area contributed by atoms with Crippen molar-refractivity contribution < 1.29 is 18.3 Å². The molecule has 0 aromatic heterocycles. The molecule has 3 nitrogen and oxygen atoms in total. The summed E-state index contributed by atoms with van der Waals surface area (Å²) in [5.74, 6) is -1.98. The number of nitrogens with one attached hydrogen (secondary N) is 1. The van der Waals surface area contributed by atoms with Gasteiger partial charge in [0.05, 0.1) is 22.2 Å². The standard InChI is InChI=1S/C15H11Cl2F2NO2/c1-2-22-14-4-3-8(5-13(14)19)20-15(21)9-6-12(18)11(17)7-10(9)16/h3-7H,2H2,1H3,(H,20,21). The quantitative estimate of drug-likeness (QED) is 0.798. The van der Waals surface area contributed by atoms with Gasteiger partial charge in [-0.05, 0) is 31.2 Å². The third-order valence-corrected chi connectivity index (χ3v) is 3.35. The molecule has 0 saturated heterocycles. The van der Waals surface area contributed by atoms with Crippen molar-refractivity contribution in [3.8, 4) is 5.75 Å². The average molecular weight is 346 g/mol. The Morgan fingerprint density at radius 3 is 2.50 bits per heavy atom. The second kappa shape index (κ2) is 6.94. The third-order valence-electron chi connectivity index (χ3n) is 2.74. The number of carbonyl (C=O) groups is 1. The molecule has 22 heavy (non-hydrogen) atoms. The smallest absolute Gasteiger partial charge is 0.257 e. The molecule has 0 unspecified atom stereocenters. The lowest BCUT2D eigenvalue weighted by Crippen LogP contribution is -2.13. The number of rotatable bonds is 4. The van der Waals surface area contributed by atoms with Gasteiger partial charge in [-0.2, -0.15) is 0 Å². The van der Waals surface area contributed by atoms with Crippen LogP contribution < -0.4 is 10.1 Å². The van der Waals surface area contributed by atoms with Gasteiger partial charge in [0.15, 0.2) is 11.6 Å². The summed E-state index contributed by atoms with van der Waals surface area (Å²) >= 11 is 11.4. The second-order valence-electron chi connectivity index (χ2n) is 4.28. The Balaban J connectivity index is 2.22. The molecule has 0 fully saturated rings. The highest BCUT2D eigenvalue weighted by molar-refractivity contribution is 6.37. The van der Waals surface area contributed by atoms with E-state index >= 15 is 0 Å². The number of benzene rings is 2. The second-order valence-corrected chi connectivity index (χ2v) is 5.09. The number of amides is 1. The molecule has 2 aromatic carbocycles. The van der Waals surface area contributed by atoms with Crippen molar-refractivity contribution in [3.63, 3.8) is 0 Å². The molecule has 0 radical (unpaired) electrons. The van der Waals surface area contributed by atoms with Crippen LogP contribution in [-0.2, 0) is 0 Å². The first kappa shape index (κ1) is 16.5. The van der Waals surface area contributed by atoms with Gasteiger partial charge < -0.3 is 10.1 Å². The first-order chi connectivity index (χ1) is 10.4. The molecule has 0 saturated carbocycles. The molecule has 0 aliphatic heterocycles. The van der Waals surface area contributed by atoms with Crippen molar-refractivity contribution in [2.75, 3.05) is 11.9 Å². The summed E-state index contributed by atoms with van der Waals surface area (Å²) in [7, 11) is 0. The van der Waals surface area contributed by atoms with Crippen LogP contribution in [0, 0.1) is 11.6 Å². The number of ether oxygens (including phenoxy) is 1. The number of carbonyl (C=O) groups excluding carboxylic acids is 1. The fourth-order valence-corrected chi connectivity index (χ4v) is 2.22. The highest BCUT2D eigenvalue weighted by atomic mass is 35.5. The average Bonchev–Trinajstić information content (AvgIpc) is 2.46. The molecule has 2 rings (SSSR count). The maximum absolute atomic E-state index is 13.7. The highest BCUT2D eigenvalue weighted by Gasteiger charge is 2.15. The number of hydrogen-bond acceptors (Lipinski definition) is 2. The summed E-state index contributed by atoms with van der Waals surface area (Å²) in [5, 5.41) is 2.24. The Morgan fingerprint density at radius 2 is 1.86 bits per heavy atom. The molecule has 1 amide bonds. The lowest BCUT2D eigenvalue weighted by molar-refractivity contribution is 0.102. The monoisotopic (exact) mass is 345 g/mol. The van der Waals surface area contributed by atoms with Crippen LogP contribution in [0.25, 0.3) is 0 Å². The van der Waals surface area contributed by atoms with E-state index in [0.717, 1.165) is 18.2 Å². The minimum atomic E-state index is -0.769. The SMILES string of the molecule is CCOc1ccc(NC(=O)c2cc(F)c(Cl)cc2Cl)cc1F. The summed E-state index contributed by atoms with van der Waals surface area (Å²) in [6, 6.07) is 6.00. The maximum atomic E-state index is 13.7. The normalized spacial score (nSPS) is 10.4. The number of hydrogen-bond donors (Lipinski definition) is 1. The van der Waals surface area contributed by atoms with Gasteiger partial charge in [-0.25, -0.2) is 8.78 Å². The Morgan fingerprint density at radius 1 is 1.14 bits per heavy atom. The first-order valence-electron chi connectivity index (χ1n) is 6.30. The lowest BCUT2D eigenvalue weighted by atomic mass is 10.2. The molecule has 0 aliphatic carbocycles. The number of anilines is 1. The van der Waals surface area contributed by atoms with Crippen LogP contribution in [0.1, 0.15) is 17.3 Å². The zero-order valence-corrected chi connectivity index (χ0v) is 12.9. The van der Waals surface area contributed by atoms with Crippen LogP contribution in [-0.4, -0.2) is 12.5 Å². The van der Waals surface area contributed by atoms with Crippen LogP contribution >= 0.6 is 23.2 Å². The fraction of sp³-hybridized carbons (Fsp3) is 0.133. The molecule has 0 bridgehead atoms. The molecule has 116 valence electrons. The largest absolute Gasteiger partial charge is 0.491 e. The van der Waals surface area contributed by atoms with Gasteiger partial charge in [0.25, 0.3) is 5.91 Å². The molecular weight excluding hydrogens is 335 g/mol. The van der Waals surface area contributed by atoms with Crippen molar-refractivity contribution in [3.05, 3.63) is 57.6 Å². The van der Waals surface area contributed by atoms with E-state index in [9.17, 15) is 13.6 Å². The third kappa shape index (κ3) is 3.67. The van der Waals surface area contributed by atoms with Crippen molar-refractivity contribution >= 4 is 34.8 Å². The van der Waals surface area contributed by atoms with E-state index in [1.165, 1.54) is 12.1 Å². The summed E-state index contributed by atoms with van der Waals surface area (Å²) in [5.41, 5.74) is 0.0928. The van der Waals surface area contributed by atoms with Gasteiger partial charge >= 0.3 is 0 Å². The van der Waals surface area contributed by atoms with Crippen molar-refractivity contribution in [2.45, 2.75) is 6.92 Å². The van der Waals surface area contributed by atoms with E-state index in [4.69, 9.17) is 27.9 Å². The summed E-state index contributed by atoms with van der Waals surface area (Å²) < 4.78 is 32.2. The van der Waals surface area contributed by atoms with Gasteiger partial charge in [0, 0.05) is 11.8 Å². The van der Waals surface area contributed by atoms with Gasteiger partial charge in [-0.1, -0.05) is 23.2 Å². The van der Waals surface area contributed by atoms with Crippen molar-refractivity contribution in [2.24, 2.45) is 0 Å². The van der Waals surface area contributed by atoms with Crippen molar-refractivity contribution in [1.29, 1.82) is 0 Å². The molecule has 0 spiro atoms. The van der Waals surface area contributed by atoms with Crippen LogP contribution in [0.15, 0.2) is 30.3 Å². The predicted molar refractivity (Wildman–Crippen MR) is 81.9 cm³/mol. The van der Waals surface area contributed by atoms with Gasteiger partial charge in [-0.15, -0.1) is 0 Å². The van der Waals surface area contributed by atoms with Crippen LogP contribution in [0.5, 0.6) is 5.75 Å². The molecule has 1 N–H and O–H groups in total. The van der Waals surface area contributed by atoms with Gasteiger partial charge in [-0.3, -0.25) is 4.79 Å². The Kier molecular flexibility index (Phi) is 5.21. The van der Waals surface area contributed by atoms with E-state index in [0.29, 0.717) is 6.61 Å². The van der Waals surface area contributed by atoms with E-state index in [2.05, 4.69) is 5.32 Å². The van der Waals surface area contributed by atoms with E-state index < -0.39 is 17.5 Å². The van der Waals surface area contributed by atoms with Crippen LogP contribution in [0.3, 0.4) is 0 Å². The molecule has 0 atom stereocenters. The highest BCUT2D eigenvalue weighted by Crippen LogP contribution is 2.26. The maximum Gasteiger partial charge on any atom is 0.257 e. The number of halogens is 4. The molecule has 2 aromatic rings. The van der Waals surface area contributed by atoms with E-state index in [1.807, 2.05) is 0 Å². The van der Waals surface area contributed by atoms with Gasteiger partial charge in [0.1, 0.15) is 5.82 Å². The molecular formula is C15H11Cl2F2NO2. The van der Waals surface area contributed by atoms with Crippen LogP contribution in [0.2, 0.25) is 10.0 Å². The topological polar surface area (TPSA) is 38.3 Å². The van der Waals surface area contributed by atoms with E-state index in [-0.39, 0.29) is 27.0 Å². The minimum absolute atomic E-state index is 0.00434. The fourth-order valence-electron chi connectivity index (χ4n) is 1.75. The minimum Gasteiger partial charge on any atom is -0.491 e. The summed E-state index contributed by atoms with van der Waals surface area (Å²) in [6.07, 6.45) is 0. The lowest BCUT2D eigenvalue weighted by Gasteiger charge is -2.09. The first-order valence-corrected chi connectivity index (χ1v) is 7.06. The Bertz CT molecular complexity index is 723. The summed E-state index contributed by atoms with van der Waals surface area (Å²) in [6.45, 7) is 2.05. The zero-order valence-electron chi connectivity index (χ0n) is 11.4.